The summed E-state index contributed by atoms with van der Waals surface area (Å²) >= 11 is 11.9. The van der Waals surface area contributed by atoms with E-state index >= 15 is 0 Å². The molecule has 0 saturated heterocycles. The van der Waals surface area contributed by atoms with Crippen LogP contribution in [0.4, 0.5) is 11.4 Å². The summed E-state index contributed by atoms with van der Waals surface area (Å²) in [5, 5.41) is 3.64. The monoisotopic (exact) mass is 324 g/mol. The average Bonchev–Trinajstić information content (AvgIpc) is 2.44. The maximum absolute atomic E-state index is 11.3. The van der Waals surface area contributed by atoms with Gasteiger partial charge >= 0.3 is 0 Å². The molecule has 0 bridgehead atoms. The Kier molecular flexibility index (Phi) is 4.94. The van der Waals surface area contributed by atoms with Crippen LogP contribution in [0, 0.1) is 0 Å². The van der Waals surface area contributed by atoms with Gasteiger partial charge < -0.3 is 15.8 Å². The zero-order valence-electron chi connectivity index (χ0n) is 11.3. The van der Waals surface area contributed by atoms with Crippen LogP contribution in [0.1, 0.15) is 13.3 Å². The predicted octanol–water partition coefficient (Wildman–Crippen LogP) is 4.72. The second-order valence-corrected chi connectivity index (χ2v) is 5.17. The van der Waals surface area contributed by atoms with Gasteiger partial charge in [0.1, 0.15) is 5.75 Å². The van der Waals surface area contributed by atoms with Gasteiger partial charge in [-0.25, -0.2) is 0 Å². The summed E-state index contributed by atoms with van der Waals surface area (Å²) < 4.78 is 5.65. The Morgan fingerprint density at radius 2 is 1.90 bits per heavy atom. The number of rotatable bonds is 4. The summed E-state index contributed by atoms with van der Waals surface area (Å²) in [5.41, 5.74) is 6.94. The Labute approximate surface area is 132 Å². The van der Waals surface area contributed by atoms with Gasteiger partial charge in [-0.2, -0.15) is 0 Å². The predicted molar refractivity (Wildman–Crippen MR) is 86.3 cm³/mol. The van der Waals surface area contributed by atoms with E-state index in [2.05, 4.69) is 5.32 Å². The summed E-state index contributed by atoms with van der Waals surface area (Å²) in [6.45, 7) is 1.78. The lowest BCUT2D eigenvalue weighted by molar-refractivity contribution is -0.115. The third kappa shape index (κ3) is 4.03. The maximum atomic E-state index is 11.3. The van der Waals surface area contributed by atoms with E-state index in [-0.39, 0.29) is 5.91 Å². The number of ether oxygens (including phenoxy) is 1. The summed E-state index contributed by atoms with van der Waals surface area (Å²) in [6, 6.07) is 9.94. The van der Waals surface area contributed by atoms with Gasteiger partial charge in [0.25, 0.3) is 0 Å². The van der Waals surface area contributed by atoms with Crippen LogP contribution in [0.15, 0.2) is 36.4 Å². The van der Waals surface area contributed by atoms with Crippen LogP contribution < -0.4 is 15.8 Å². The van der Waals surface area contributed by atoms with Gasteiger partial charge in [0.05, 0.1) is 10.7 Å². The first-order valence-electron chi connectivity index (χ1n) is 6.32. The number of carbonyl (C=O) groups excluding carboxylic acids is 1. The minimum atomic E-state index is -0.0798. The van der Waals surface area contributed by atoms with Crippen molar-refractivity contribution in [2.24, 2.45) is 0 Å². The Balaban J connectivity index is 2.19. The van der Waals surface area contributed by atoms with E-state index in [9.17, 15) is 4.79 Å². The Morgan fingerprint density at radius 3 is 2.52 bits per heavy atom. The fourth-order valence-corrected chi connectivity index (χ4v) is 2.09. The molecule has 0 heterocycles. The number of hydrogen-bond acceptors (Lipinski definition) is 3. The summed E-state index contributed by atoms with van der Waals surface area (Å²) in [7, 11) is 0. The van der Waals surface area contributed by atoms with Crippen molar-refractivity contribution < 1.29 is 9.53 Å². The number of amides is 1. The molecule has 0 aliphatic carbocycles. The molecule has 3 N–H and O–H groups in total. The van der Waals surface area contributed by atoms with E-state index in [0.717, 1.165) is 0 Å². The zero-order chi connectivity index (χ0) is 15.4. The molecule has 21 heavy (non-hydrogen) atoms. The first kappa shape index (κ1) is 15.5. The molecular weight excluding hydrogens is 311 g/mol. The van der Waals surface area contributed by atoms with Gasteiger partial charge in [-0.3, -0.25) is 4.79 Å². The first-order valence-corrected chi connectivity index (χ1v) is 7.07. The van der Waals surface area contributed by atoms with Crippen LogP contribution in [-0.2, 0) is 4.79 Å². The van der Waals surface area contributed by atoms with Crippen LogP contribution in [0.2, 0.25) is 10.0 Å². The average molecular weight is 325 g/mol. The molecule has 0 atom stereocenters. The molecular formula is C15H14Cl2N2O2. The van der Waals surface area contributed by atoms with Crippen molar-refractivity contribution in [1.29, 1.82) is 0 Å². The third-order valence-corrected chi connectivity index (χ3v) is 3.26. The van der Waals surface area contributed by atoms with Crippen molar-refractivity contribution in [3.8, 4) is 11.5 Å². The van der Waals surface area contributed by atoms with Crippen molar-refractivity contribution in [3.63, 3.8) is 0 Å². The third-order valence-electron chi connectivity index (χ3n) is 2.73. The van der Waals surface area contributed by atoms with Crippen LogP contribution >= 0.6 is 23.2 Å². The van der Waals surface area contributed by atoms with Crippen molar-refractivity contribution in [1.82, 2.24) is 0 Å². The summed E-state index contributed by atoms with van der Waals surface area (Å²) in [5.74, 6) is 0.829. The normalized spacial score (nSPS) is 10.2. The van der Waals surface area contributed by atoms with Gasteiger partial charge in [0.15, 0.2) is 5.75 Å². The molecule has 0 saturated carbocycles. The number of nitrogens with one attached hydrogen (secondary N) is 1. The number of nitrogen functional groups attached to an aromatic ring is 1. The molecule has 0 spiro atoms. The second-order valence-electron chi connectivity index (χ2n) is 4.33. The van der Waals surface area contributed by atoms with E-state index < -0.39 is 0 Å². The van der Waals surface area contributed by atoms with Gasteiger partial charge in [-0.05, 0) is 36.4 Å². The molecule has 2 aromatic carbocycles. The number of hydrogen-bond donors (Lipinski definition) is 2. The van der Waals surface area contributed by atoms with E-state index in [1.54, 1.807) is 43.3 Å². The number of carbonyl (C=O) groups is 1. The molecule has 0 radical (unpaired) electrons. The number of anilines is 2. The van der Waals surface area contributed by atoms with E-state index in [0.29, 0.717) is 39.3 Å². The molecule has 0 aromatic heterocycles. The van der Waals surface area contributed by atoms with Crippen LogP contribution in [0.5, 0.6) is 11.5 Å². The van der Waals surface area contributed by atoms with Crippen molar-refractivity contribution in [3.05, 3.63) is 46.4 Å². The lowest BCUT2D eigenvalue weighted by Gasteiger charge is -2.12. The summed E-state index contributed by atoms with van der Waals surface area (Å²) in [4.78, 5) is 11.3. The van der Waals surface area contributed by atoms with E-state index in [4.69, 9.17) is 33.7 Å². The van der Waals surface area contributed by atoms with Gasteiger partial charge in [-0.15, -0.1) is 0 Å². The van der Waals surface area contributed by atoms with Crippen molar-refractivity contribution in [2.45, 2.75) is 13.3 Å². The molecule has 0 aliphatic heterocycles. The number of benzene rings is 2. The van der Waals surface area contributed by atoms with Crippen LogP contribution in [0.25, 0.3) is 0 Å². The summed E-state index contributed by atoms with van der Waals surface area (Å²) in [6.07, 6.45) is 0.401. The molecule has 2 rings (SSSR count). The van der Waals surface area contributed by atoms with Gasteiger partial charge in [-0.1, -0.05) is 30.1 Å². The molecule has 2 aromatic rings. The molecule has 4 nitrogen and oxygen atoms in total. The Hall–Kier alpha value is -1.91. The highest BCUT2D eigenvalue weighted by Crippen LogP contribution is 2.35. The lowest BCUT2D eigenvalue weighted by atomic mass is 10.2. The largest absolute Gasteiger partial charge is 0.454 e. The molecule has 1 amide bonds. The minimum absolute atomic E-state index is 0.0798. The quantitative estimate of drug-likeness (QED) is 0.800. The second kappa shape index (κ2) is 6.70. The molecule has 0 fully saturated rings. The molecule has 0 unspecified atom stereocenters. The molecule has 110 valence electrons. The van der Waals surface area contributed by atoms with E-state index in [1.807, 2.05) is 0 Å². The van der Waals surface area contributed by atoms with Crippen molar-refractivity contribution >= 4 is 40.5 Å². The fraction of sp³-hybridized carbons (Fsp3) is 0.133. The highest BCUT2D eigenvalue weighted by molar-refractivity contribution is 6.35. The topological polar surface area (TPSA) is 64.3 Å². The SMILES string of the molecule is CCC(=O)Nc1ccc(Oc2ccc(Cl)cc2Cl)c(N)c1. The van der Waals surface area contributed by atoms with Gasteiger partial charge in [0, 0.05) is 17.1 Å². The Morgan fingerprint density at radius 1 is 1.19 bits per heavy atom. The van der Waals surface area contributed by atoms with Crippen LogP contribution in [0.3, 0.4) is 0 Å². The Bertz CT molecular complexity index is 675. The lowest BCUT2D eigenvalue weighted by Crippen LogP contribution is -2.09. The fourth-order valence-electron chi connectivity index (χ4n) is 1.64. The molecule has 0 aliphatic rings. The number of nitrogens with two attached hydrogens (primary N) is 1. The first-order chi connectivity index (χ1) is 9.99. The molecule has 6 heteroatoms. The van der Waals surface area contributed by atoms with Crippen LogP contribution in [-0.4, -0.2) is 5.91 Å². The number of halogens is 2. The zero-order valence-corrected chi connectivity index (χ0v) is 12.8. The highest BCUT2D eigenvalue weighted by atomic mass is 35.5. The smallest absolute Gasteiger partial charge is 0.224 e. The highest BCUT2D eigenvalue weighted by Gasteiger charge is 2.08. The maximum Gasteiger partial charge on any atom is 0.224 e. The van der Waals surface area contributed by atoms with Gasteiger partial charge in [0.2, 0.25) is 5.91 Å². The standard InChI is InChI=1S/C15H14Cl2N2O2/c1-2-15(20)19-10-4-6-14(12(18)8-10)21-13-5-3-9(16)7-11(13)17/h3-8H,2,18H2,1H3,(H,19,20). The van der Waals surface area contributed by atoms with E-state index in [1.165, 1.54) is 0 Å². The van der Waals surface area contributed by atoms with Crippen molar-refractivity contribution in [2.75, 3.05) is 11.1 Å². The minimum Gasteiger partial charge on any atom is -0.454 e.